The molecule has 14 heteroatoms. The lowest BCUT2D eigenvalue weighted by atomic mass is 9.97. The topological polar surface area (TPSA) is 228 Å². The van der Waals surface area contributed by atoms with Crippen molar-refractivity contribution in [2.24, 2.45) is 0 Å². The van der Waals surface area contributed by atoms with Crippen molar-refractivity contribution in [1.29, 1.82) is 0 Å². The van der Waals surface area contributed by atoms with E-state index < -0.39 is 86.8 Å². The van der Waals surface area contributed by atoms with Gasteiger partial charge in [0, 0.05) is 6.42 Å². The SMILES string of the molecule is CC/C=C\C/C=C\C/C=C\C/C=C\C/C=C\C/C=C\C/C=C\CCCCCCCCCCCC(=O)NC(COC1OC(CO)C(OC2OC(CO)C(O)C(O)C2O)C(O)C1O)C(O)/C=C/CC/C=C/CCCCC. The van der Waals surface area contributed by atoms with Crippen molar-refractivity contribution in [3.8, 4) is 0 Å². The van der Waals surface area contributed by atoms with Gasteiger partial charge >= 0.3 is 0 Å². The van der Waals surface area contributed by atoms with E-state index in [1.165, 1.54) is 44.9 Å². The van der Waals surface area contributed by atoms with E-state index in [2.05, 4.69) is 116 Å². The summed E-state index contributed by atoms with van der Waals surface area (Å²) in [4.78, 5) is 13.2. The Kier molecular flexibility index (Phi) is 40.4. The highest BCUT2D eigenvalue weighted by Crippen LogP contribution is 2.30. The summed E-state index contributed by atoms with van der Waals surface area (Å²) in [6.45, 7) is 2.57. The minimum Gasteiger partial charge on any atom is -0.394 e. The largest absolute Gasteiger partial charge is 0.394 e. The fraction of sp³-hybridized carbons (Fsp3) is 0.683. The highest BCUT2D eigenvalue weighted by atomic mass is 16.7. The van der Waals surface area contributed by atoms with Gasteiger partial charge in [0.15, 0.2) is 12.6 Å². The molecule has 0 radical (unpaired) electrons. The smallest absolute Gasteiger partial charge is 0.220 e. The molecule has 9 N–H and O–H groups in total. The van der Waals surface area contributed by atoms with Gasteiger partial charge in [0.25, 0.3) is 0 Å². The molecule has 14 nitrogen and oxygen atoms in total. The van der Waals surface area contributed by atoms with Crippen LogP contribution in [0.25, 0.3) is 0 Å². The molecule has 2 saturated heterocycles. The molecular formula is C60H99NO13. The third-order valence-electron chi connectivity index (χ3n) is 12.9. The fourth-order valence-electron chi connectivity index (χ4n) is 8.40. The number of rotatable bonds is 42. The number of hydrogen-bond donors (Lipinski definition) is 9. The van der Waals surface area contributed by atoms with E-state index in [0.717, 1.165) is 89.9 Å². The van der Waals surface area contributed by atoms with Crippen molar-refractivity contribution >= 4 is 5.91 Å². The summed E-state index contributed by atoms with van der Waals surface area (Å²) in [5.41, 5.74) is 0. The summed E-state index contributed by atoms with van der Waals surface area (Å²) in [6.07, 6.45) is 45.8. The maximum atomic E-state index is 13.2. The van der Waals surface area contributed by atoms with E-state index >= 15 is 0 Å². The molecular weight excluding hydrogens is 943 g/mol. The van der Waals surface area contributed by atoms with Crippen LogP contribution in [0.1, 0.15) is 168 Å². The predicted molar refractivity (Wildman–Crippen MR) is 295 cm³/mol. The van der Waals surface area contributed by atoms with Crippen LogP contribution >= 0.6 is 0 Å². The van der Waals surface area contributed by atoms with Crippen LogP contribution in [0.4, 0.5) is 0 Å². The summed E-state index contributed by atoms with van der Waals surface area (Å²) in [5.74, 6) is -0.265. The zero-order chi connectivity index (χ0) is 53.9. The van der Waals surface area contributed by atoms with Crippen molar-refractivity contribution in [3.05, 3.63) is 109 Å². The van der Waals surface area contributed by atoms with Gasteiger partial charge in [-0.15, -0.1) is 0 Å². The summed E-state index contributed by atoms with van der Waals surface area (Å²) in [6, 6.07) is -0.940. The second-order valence-corrected chi connectivity index (χ2v) is 19.3. The molecule has 2 fully saturated rings. The molecule has 2 aliphatic heterocycles. The normalized spacial score (nSPS) is 26.1. The number of amides is 1. The number of unbranched alkanes of at least 4 members (excludes halogenated alkanes) is 13. The Labute approximate surface area is 445 Å². The van der Waals surface area contributed by atoms with Crippen molar-refractivity contribution in [2.75, 3.05) is 19.8 Å². The molecule has 0 aromatic heterocycles. The zero-order valence-electron chi connectivity index (χ0n) is 45.0. The average Bonchev–Trinajstić information content (AvgIpc) is 3.40. The fourth-order valence-corrected chi connectivity index (χ4v) is 8.40. The van der Waals surface area contributed by atoms with Crippen LogP contribution in [-0.2, 0) is 23.7 Å². The third-order valence-corrected chi connectivity index (χ3v) is 12.9. The second-order valence-electron chi connectivity index (χ2n) is 19.3. The lowest BCUT2D eigenvalue weighted by molar-refractivity contribution is -0.359. The molecule has 1 amide bonds. The molecule has 0 aromatic rings. The molecule has 0 aliphatic carbocycles. The first-order chi connectivity index (χ1) is 36.1. The van der Waals surface area contributed by atoms with Crippen LogP contribution in [0.2, 0.25) is 0 Å². The number of carbonyl (C=O) groups excluding carboxylic acids is 1. The van der Waals surface area contributed by atoms with Gasteiger partial charge < -0.3 is 65.1 Å². The number of aliphatic hydroxyl groups is 8. The first-order valence-electron chi connectivity index (χ1n) is 28.1. The quantitative estimate of drug-likeness (QED) is 0.0206. The van der Waals surface area contributed by atoms with Crippen LogP contribution in [0.5, 0.6) is 0 Å². The molecule has 2 heterocycles. The van der Waals surface area contributed by atoms with E-state index in [1.54, 1.807) is 6.08 Å². The first kappa shape index (κ1) is 66.8. The Hall–Kier alpha value is -3.35. The monoisotopic (exact) mass is 1040 g/mol. The number of aliphatic hydroxyl groups excluding tert-OH is 8. The Morgan fingerprint density at radius 3 is 1.49 bits per heavy atom. The van der Waals surface area contributed by atoms with Gasteiger partial charge in [-0.25, -0.2) is 0 Å². The summed E-state index contributed by atoms with van der Waals surface area (Å²) in [7, 11) is 0. The molecule has 0 aromatic carbocycles. The van der Waals surface area contributed by atoms with Crippen LogP contribution in [0, 0.1) is 0 Å². The lowest BCUT2D eigenvalue weighted by Gasteiger charge is -2.46. The van der Waals surface area contributed by atoms with Gasteiger partial charge in [-0.2, -0.15) is 0 Å². The Morgan fingerprint density at radius 1 is 0.500 bits per heavy atom. The standard InChI is InChI=1S/C60H99NO13/c1-3-5-7-9-11-13-14-15-16-17-18-19-20-21-22-23-24-25-26-27-28-29-30-31-32-33-34-36-38-40-42-44-52(65)61-48(49(64)43-41-39-37-35-12-10-8-6-4-2)47-71-59-57(70)55(68)58(51(46-63)73-59)74-60-56(69)54(67)53(66)50(45-62)72-60/h5,7,11-13,15-16,18-19,21-22,24-25,27-28,35,41,43,48-51,53-60,62-64,66-70H,3-4,6,8-10,14,17,20,23,26,29-34,36-40,42,44-47H2,1-2H3,(H,61,65)/b7-5-,13-11-,16-15-,19-18-,22-21-,25-24-,28-27-,35-12+,43-41+. The van der Waals surface area contributed by atoms with E-state index in [0.29, 0.717) is 12.8 Å². The number of nitrogens with one attached hydrogen (secondary N) is 1. The van der Waals surface area contributed by atoms with Crippen LogP contribution in [0.15, 0.2) is 109 Å². The number of allylic oxidation sites excluding steroid dienone is 17. The highest BCUT2D eigenvalue weighted by molar-refractivity contribution is 5.76. The average molecular weight is 1040 g/mol. The second kappa shape index (κ2) is 44.7. The summed E-state index contributed by atoms with van der Waals surface area (Å²) >= 11 is 0. The molecule has 2 aliphatic rings. The molecule has 12 unspecified atom stereocenters. The first-order valence-corrected chi connectivity index (χ1v) is 28.1. The van der Waals surface area contributed by atoms with Gasteiger partial charge in [-0.3, -0.25) is 4.79 Å². The molecule has 0 spiro atoms. The number of hydrogen-bond acceptors (Lipinski definition) is 13. The van der Waals surface area contributed by atoms with Crippen LogP contribution < -0.4 is 5.32 Å². The predicted octanol–water partition coefficient (Wildman–Crippen LogP) is 8.88. The minimum absolute atomic E-state index is 0.258. The van der Waals surface area contributed by atoms with Crippen molar-refractivity contribution < 1.29 is 64.6 Å². The van der Waals surface area contributed by atoms with E-state index in [4.69, 9.17) is 18.9 Å². The van der Waals surface area contributed by atoms with Crippen molar-refractivity contribution in [3.63, 3.8) is 0 Å². The van der Waals surface area contributed by atoms with E-state index in [-0.39, 0.29) is 18.9 Å². The van der Waals surface area contributed by atoms with E-state index in [1.807, 2.05) is 6.08 Å². The number of ether oxygens (including phenoxy) is 4. The van der Waals surface area contributed by atoms with Crippen molar-refractivity contribution in [2.45, 2.75) is 242 Å². The lowest BCUT2D eigenvalue weighted by Crippen LogP contribution is -2.65. The maximum Gasteiger partial charge on any atom is 0.220 e. The summed E-state index contributed by atoms with van der Waals surface area (Å²) < 4.78 is 22.6. The van der Waals surface area contributed by atoms with Crippen molar-refractivity contribution in [1.82, 2.24) is 5.32 Å². The van der Waals surface area contributed by atoms with Crippen LogP contribution in [-0.4, -0.2) is 140 Å². The Balaban J connectivity index is 1.68. The van der Waals surface area contributed by atoms with Gasteiger partial charge in [-0.05, 0) is 89.9 Å². The maximum absolute atomic E-state index is 13.2. The molecule has 12 atom stereocenters. The molecule has 0 bridgehead atoms. The third kappa shape index (κ3) is 30.4. The van der Waals surface area contributed by atoms with Gasteiger partial charge in [-0.1, -0.05) is 181 Å². The Morgan fingerprint density at radius 2 is 0.946 bits per heavy atom. The zero-order valence-corrected chi connectivity index (χ0v) is 45.0. The minimum atomic E-state index is -1.80. The summed E-state index contributed by atoms with van der Waals surface area (Å²) in [5, 5.41) is 86.7. The molecule has 74 heavy (non-hydrogen) atoms. The molecule has 2 rings (SSSR count). The van der Waals surface area contributed by atoms with Gasteiger partial charge in [0.1, 0.15) is 48.8 Å². The molecule has 422 valence electrons. The van der Waals surface area contributed by atoms with Gasteiger partial charge in [0.05, 0.1) is 32.0 Å². The molecule has 0 saturated carbocycles. The number of carbonyl (C=O) groups is 1. The van der Waals surface area contributed by atoms with E-state index in [9.17, 15) is 45.6 Å². The Bertz CT molecular complexity index is 1650. The van der Waals surface area contributed by atoms with Gasteiger partial charge in [0.2, 0.25) is 5.91 Å². The highest BCUT2D eigenvalue weighted by Gasteiger charge is 2.51. The van der Waals surface area contributed by atoms with Crippen LogP contribution in [0.3, 0.4) is 0 Å².